The van der Waals surface area contributed by atoms with Gasteiger partial charge in [-0.2, -0.15) is 0 Å². The normalized spacial score (nSPS) is 10.8. The van der Waals surface area contributed by atoms with E-state index in [0.717, 1.165) is 5.56 Å². The summed E-state index contributed by atoms with van der Waals surface area (Å²) in [6.45, 7) is 4.35. The molecule has 0 atom stereocenters. The summed E-state index contributed by atoms with van der Waals surface area (Å²) in [5, 5.41) is 0. The molecule has 0 unspecified atom stereocenters. The Kier molecular flexibility index (Phi) is 7.26. The highest BCUT2D eigenvalue weighted by Gasteiger charge is 2.17. The zero-order valence-corrected chi connectivity index (χ0v) is 16.8. The Morgan fingerprint density at radius 1 is 1.18 bits per heavy atom. The van der Waals surface area contributed by atoms with Crippen LogP contribution in [0.2, 0.25) is 0 Å². The number of likely N-dealkylation sites (N-methyl/N-ethyl adjacent to an activating group) is 1. The molecule has 7 heteroatoms. The third-order valence-corrected chi connectivity index (χ3v) is 4.05. The van der Waals surface area contributed by atoms with Crippen molar-refractivity contribution in [2.24, 2.45) is 0 Å². The van der Waals surface area contributed by atoms with Gasteiger partial charge in [0.15, 0.2) is 11.5 Å². The molecule has 2 rings (SSSR count). The Bertz CT molecular complexity index is 868. The lowest BCUT2D eigenvalue weighted by molar-refractivity contribution is -0.125. The summed E-state index contributed by atoms with van der Waals surface area (Å²) < 4.78 is 21.0. The third-order valence-electron chi connectivity index (χ3n) is 4.05. The number of carbonyl (C=O) groups is 2. The molecule has 0 radical (unpaired) electrons. The SMILES string of the molecule is CCOc1ccc(/C=C/C(=O)N(C)Cc2cc(C(=O)OC)c(C)o2)cc1OC. The summed E-state index contributed by atoms with van der Waals surface area (Å²) in [5.74, 6) is 1.54. The molecule has 0 spiro atoms. The number of esters is 1. The van der Waals surface area contributed by atoms with Crippen molar-refractivity contribution < 1.29 is 28.2 Å². The molecule has 1 aromatic carbocycles. The van der Waals surface area contributed by atoms with Gasteiger partial charge in [0.2, 0.25) is 5.91 Å². The van der Waals surface area contributed by atoms with Crippen molar-refractivity contribution in [3.05, 3.63) is 53.0 Å². The Morgan fingerprint density at radius 3 is 2.57 bits per heavy atom. The molecule has 1 amide bonds. The lowest BCUT2D eigenvalue weighted by atomic mass is 10.2. The first kappa shape index (κ1) is 21.1. The standard InChI is InChI=1S/C21H25NO6/c1-6-27-18-9-7-15(11-19(18)25-4)8-10-20(23)22(3)13-16-12-17(14(2)28-16)21(24)26-5/h7-12H,6,13H2,1-5H3/b10-8+. The summed E-state index contributed by atoms with van der Waals surface area (Å²) >= 11 is 0. The van der Waals surface area contributed by atoms with Crippen molar-refractivity contribution in [1.29, 1.82) is 0 Å². The van der Waals surface area contributed by atoms with Crippen molar-refractivity contribution in [2.45, 2.75) is 20.4 Å². The fraction of sp³-hybridized carbons (Fsp3) is 0.333. The van der Waals surface area contributed by atoms with E-state index in [1.807, 2.05) is 13.0 Å². The fourth-order valence-corrected chi connectivity index (χ4v) is 2.60. The molecule has 7 nitrogen and oxygen atoms in total. The second-order valence-corrected chi connectivity index (χ2v) is 6.05. The number of methoxy groups -OCH3 is 2. The monoisotopic (exact) mass is 387 g/mol. The van der Waals surface area contributed by atoms with Gasteiger partial charge >= 0.3 is 5.97 Å². The van der Waals surface area contributed by atoms with Crippen LogP contribution in [0, 0.1) is 6.92 Å². The van der Waals surface area contributed by atoms with Crippen molar-refractivity contribution in [2.75, 3.05) is 27.9 Å². The molecule has 2 aromatic rings. The van der Waals surface area contributed by atoms with E-state index in [9.17, 15) is 9.59 Å². The molecule has 1 heterocycles. The minimum atomic E-state index is -0.467. The highest BCUT2D eigenvalue weighted by molar-refractivity contribution is 5.92. The molecule has 0 aliphatic carbocycles. The maximum absolute atomic E-state index is 12.4. The van der Waals surface area contributed by atoms with Crippen molar-refractivity contribution >= 4 is 18.0 Å². The third kappa shape index (κ3) is 5.16. The van der Waals surface area contributed by atoms with Gasteiger partial charge in [-0.3, -0.25) is 4.79 Å². The maximum atomic E-state index is 12.4. The summed E-state index contributed by atoms with van der Waals surface area (Å²) in [4.78, 5) is 25.5. The van der Waals surface area contributed by atoms with E-state index in [1.165, 1.54) is 18.1 Å². The highest BCUT2D eigenvalue weighted by Crippen LogP contribution is 2.28. The second-order valence-electron chi connectivity index (χ2n) is 6.05. The molecule has 0 aliphatic heterocycles. The second kappa shape index (κ2) is 9.64. The van der Waals surface area contributed by atoms with Gasteiger partial charge in [0.25, 0.3) is 0 Å². The zero-order valence-electron chi connectivity index (χ0n) is 16.8. The van der Waals surface area contributed by atoms with Crippen LogP contribution in [0.15, 0.2) is 34.8 Å². The number of ether oxygens (including phenoxy) is 3. The first-order chi connectivity index (χ1) is 13.4. The summed E-state index contributed by atoms with van der Waals surface area (Å²) in [7, 11) is 4.53. The quantitative estimate of drug-likeness (QED) is 0.510. The van der Waals surface area contributed by atoms with Gasteiger partial charge in [0.1, 0.15) is 17.1 Å². The van der Waals surface area contributed by atoms with E-state index in [0.29, 0.717) is 35.2 Å². The first-order valence-corrected chi connectivity index (χ1v) is 8.81. The average molecular weight is 387 g/mol. The number of aryl methyl sites for hydroxylation is 1. The molecule has 0 aliphatic rings. The van der Waals surface area contributed by atoms with Crippen LogP contribution >= 0.6 is 0 Å². The summed E-state index contributed by atoms with van der Waals surface area (Å²) in [6, 6.07) is 7.03. The maximum Gasteiger partial charge on any atom is 0.341 e. The van der Waals surface area contributed by atoms with Crippen LogP contribution < -0.4 is 9.47 Å². The Labute approximate surface area is 164 Å². The fourth-order valence-electron chi connectivity index (χ4n) is 2.60. The molecule has 0 saturated carbocycles. The number of furan rings is 1. The average Bonchev–Trinajstić information content (AvgIpc) is 3.06. The Balaban J connectivity index is 2.05. The number of nitrogens with zero attached hydrogens (tertiary/aromatic N) is 1. The first-order valence-electron chi connectivity index (χ1n) is 8.81. The number of hydrogen-bond donors (Lipinski definition) is 0. The van der Waals surface area contributed by atoms with Crippen LogP contribution in [0.3, 0.4) is 0 Å². The van der Waals surface area contributed by atoms with Crippen LogP contribution in [0.4, 0.5) is 0 Å². The van der Waals surface area contributed by atoms with Crippen molar-refractivity contribution in [1.82, 2.24) is 4.90 Å². The van der Waals surface area contributed by atoms with E-state index < -0.39 is 5.97 Å². The largest absolute Gasteiger partial charge is 0.493 e. The van der Waals surface area contributed by atoms with E-state index in [4.69, 9.17) is 18.6 Å². The molecular weight excluding hydrogens is 362 g/mol. The molecule has 0 N–H and O–H groups in total. The predicted octanol–water partition coefficient (Wildman–Crippen LogP) is 3.45. The summed E-state index contributed by atoms with van der Waals surface area (Å²) in [5.41, 5.74) is 1.17. The lowest BCUT2D eigenvalue weighted by Gasteiger charge is -2.13. The van der Waals surface area contributed by atoms with Crippen LogP contribution in [-0.2, 0) is 16.1 Å². The number of hydrogen-bond acceptors (Lipinski definition) is 6. The number of rotatable bonds is 8. The van der Waals surface area contributed by atoms with Gasteiger partial charge in [0, 0.05) is 13.1 Å². The summed E-state index contributed by atoms with van der Waals surface area (Å²) in [6.07, 6.45) is 3.16. The predicted molar refractivity (Wildman–Crippen MR) is 104 cm³/mol. The van der Waals surface area contributed by atoms with Crippen molar-refractivity contribution in [3.8, 4) is 11.5 Å². The van der Waals surface area contributed by atoms with E-state index in [2.05, 4.69) is 0 Å². The van der Waals surface area contributed by atoms with Gasteiger partial charge in [-0.1, -0.05) is 6.07 Å². The number of benzene rings is 1. The van der Waals surface area contributed by atoms with Gasteiger partial charge < -0.3 is 23.5 Å². The molecule has 150 valence electrons. The van der Waals surface area contributed by atoms with Crippen molar-refractivity contribution in [3.63, 3.8) is 0 Å². The molecule has 28 heavy (non-hydrogen) atoms. The Morgan fingerprint density at radius 2 is 1.93 bits per heavy atom. The Hall–Kier alpha value is -3.22. The molecule has 0 fully saturated rings. The highest BCUT2D eigenvalue weighted by atomic mass is 16.5. The van der Waals surface area contributed by atoms with Crippen LogP contribution in [0.1, 0.15) is 34.4 Å². The lowest BCUT2D eigenvalue weighted by Crippen LogP contribution is -2.23. The van der Waals surface area contributed by atoms with Crippen LogP contribution in [-0.4, -0.2) is 44.7 Å². The minimum Gasteiger partial charge on any atom is -0.493 e. The van der Waals surface area contributed by atoms with E-state index in [1.54, 1.807) is 45.4 Å². The van der Waals surface area contributed by atoms with Gasteiger partial charge in [-0.15, -0.1) is 0 Å². The zero-order chi connectivity index (χ0) is 20.7. The molecule has 0 saturated heterocycles. The van der Waals surface area contributed by atoms with E-state index >= 15 is 0 Å². The molecular formula is C21H25NO6. The topological polar surface area (TPSA) is 78.2 Å². The smallest absolute Gasteiger partial charge is 0.341 e. The minimum absolute atomic E-state index is 0.207. The number of amides is 1. The van der Waals surface area contributed by atoms with Gasteiger partial charge in [-0.05, 0) is 43.7 Å². The van der Waals surface area contributed by atoms with Gasteiger partial charge in [0.05, 0.1) is 27.4 Å². The van der Waals surface area contributed by atoms with Crippen LogP contribution in [0.5, 0.6) is 11.5 Å². The van der Waals surface area contributed by atoms with E-state index in [-0.39, 0.29) is 12.5 Å². The number of carbonyl (C=O) groups excluding carboxylic acids is 2. The van der Waals surface area contributed by atoms with Gasteiger partial charge in [-0.25, -0.2) is 4.79 Å². The molecule has 1 aromatic heterocycles. The molecule has 0 bridgehead atoms. The van der Waals surface area contributed by atoms with Crippen LogP contribution in [0.25, 0.3) is 6.08 Å².